The van der Waals surface area contributed by atoms with Crippen molar-refractivity contribution in [1.82, 2.24) is 10.2 Å². The Morgan fingerprint density at radius 2 is 1.23 bits per heavy atom. The highest BCUT2D eigenvalue weighted by molar-refractivity contribution is 5.77. The predicted octanol–water partition coefficient (Wildman–Crippen LogP) is 7.19. The Morgan fingerprint density at radius 3 is 1.66 bits per heavy atom. The van der Waals surface area contributed by atoms with Crippen LogP contribution in [0.15, 0.2) is 0 Å². The topological polar surface area (TPSA) is 49.4 Å². The third-order valence-electron chi connectivity index (χ3n) is 7.84. The Bertz CT molecular complexity index is 518. The van der Waals surface area contributed by atoms with Gasteiger partial charge in [0.25, 0.3) is 0 Å². The first-order valence-corrected chi connectivity index (χ1v) is 15.5. The van der Waals surface area contributed by atoms with Crippen LogP contribution in [0.4, 0.5) is 0 Å². The Hall–Kier alpha value is -1.10. The summed E-state index contributed by atoms with van der Waals surface area (Å²) in [5, 5.41) is 3.13. The van der Waals surface area contributed by atoms with Crippen molar-refractivity contribution in [3.05, 3.63) is 0 Å². The largest absolute Gasteiger partial charge is 0.350 e. The molecule has 35 heavy (non-hydrogen) atoms. The van der Waals surface area contributed by atoms with Crippen molar-refractivity contribution >= 4 is 11.8 Å². The highest BCUT2D eigenvalue weighted by atomic mass is 16.2. The molecule has 0 aromatic rings. The highest BCUT2D eigenvalue weighted by Crippen LogP contribution is 2.20. The molecule has 0 unspecified atom stereocenters. The average Bonchev–Trinajstić information content (AvgIpc) is 3.26. The van der Waals surface area contributed by atoms with Crippen molar-refractivity contribution in [3.8, 4) is 0 Å². The number of hydrogen-bond acceptors (Lipinski definition) is 2. The second kappa shape index (κ2) is 21.0. The minimum absolute atomic E-state index is 0.138. The van der Waals surface area contributed by atoms with Gasteiger partial charge < -0.3 is 9.80 Å². The van der Waals surface area contributed by atoms with Gasteiger partial charge in [0.05, 0.1) is 26.2 Å². The quantitative estimate of drug-likeness (QED) is 0.114. The second-order valence-electron chi connectivity index (χ2n) is 11.1. The molecule has 1 aliphatic rings. The van der Waals surface area contributed by atoms with E-state index in [1.165, 1.54) is 103 Å². The summed E-state index contributed by atoms with van der Waals surface area (Å²) in [6, 6.07) is 0. The summed E-state index contributed by atoms with van der Waals surface area (Å²) in [5.41, 5.74) is 0. The zero-order valence-electron chi connectivity index (χ0n) is 23.9. The number of hydrogen-bond donors (Lipinski definition) is 1. The van der Waals surface area contributed by atoms with E-state index in [4.69, 9.17) is 0 Å². The van der Waals surface area contributed by atoms with Gasteiger partial charge in [-0.2, -0.15) is 0 Å². The van der Waals surface area contributed by atoms with Gasteiger partial charge in [0, 0.05) is 19.4 Å². The van der Waals surface area contributed by atoms with Crippen LogP contribution < -0.4 is 5.32 Å². The monoisotopic (exact) mass is 494 g/mol. The van der Waals surface area contributed by atoms with Gasteiger partial charge in [-0.25, -0.2) is 0 Å². The van der Waals surface area contributed by atoms with E-state index in [-0.39, 0.29) is 5.91 Å². The zero-order valence-corrected chi connectivity index (χ0v) is 23.9. The predicted molar refractivity (Wildman–Crippen MR) is 149 cm³/mol. The summed E-state index contributed by atoms with van der Waals surface area (Å²) >= 11 is 0. The lowest BCUT2D eigenvalue weighted by Crippen LogP contribution is -2.58. The second-order valence-corrected chi connectivity index (χ2v) is 11.1. The molecule has 0 bridgehead atoms. The van der Waals surface area contributed by atoms with Crippen LogP contribution in [0.2, 0.25) is 0 Å². The summed E-state index contributed by atoms with van der Waals surface area (Å²) in [7, 11) is 0. The third-order valence-corrected chi connectivity index (χ3v) is 7.84. The van der Waals surface area contributed by atoms with Gasteiger partial charge in [-0.3, -0.25) is 14.5 Å². The number of unbranched alkanes of at least 4 members (excludes halogenated alkanes) is 14. The van der Waals surface area contributed by atoms with Gasteiger partial charge in [-0.05, 0) is 32.1 Å². The maximum Gasteiger partial charge on any atom is 0.226 e. The normalized spacial score (nSPS) is 14.1. The van der Waals surface area contributed by atoms with Crippen LogP contribution in [0, 0.1) is 0 Å². The molecule has 1 heterocycles. The summed E-state index contributed by atoms with van der Waals surface area (Å²) < 4.78 is 0.974. The number of carbonyl (C=O) groups excluding carboxylic acids is 2. The fourth-order valence-electron chi connectivity index (χ4n) is 5.48. The first-order chi connectivity index (χ1) is 17.1. The van der Waals surface area contributed by atoms with Crippen LogP contribution in [0.25, 0.3) is 0 Å². The number of carbonyl (C=O) groups is 2. The van der Waals surface area contributed by atoms with E-state index in [2.05, 4.69) is 24.1 Å². The Morgan fingerprint density at radius 1 is 0.743 bits per heavy atom. The van der Waals surface area contributed by atoms with Crippen LogP contribution in [0.5, 0.6) is 0 Å². The minimum Gasteiger partial charge on any atom is -0.350 e. The lowest BCUT2D eigenvalue weighted by molar-refractivity contribution is -0.935. The van der Waals surface area contributed by atoms with Gasteiger partial charge in [-0.1, -0.05) is 97.8 Å². The lowest BCUT2D eigenvalue weighted by atomic mass is 10.1. The van der Waals surface area contributed by atoms with Crippen molar-refractivity contribution in [2.75, 3.05) is 39.4 Å². The number of nitrogens with zero attached hydrogens (tertiary/aromatic N) is 2. The average molecular weight is 495 g/mol. The van der Waals surface area contributed by atoms with Crippen molar-refractivity contribution in [1.29, 1.82) is 0 Å². The molecule has 0 atom stereocenters. The molecule has 5 heteroatoms. The molecule has 1 fully saturated rings. The smallest absolute Gasteiger partial charge is 0.226 e. The van der Waals surface area contributed by atoms with Gasteiger partial charge in [0.15, 0.2) is 6.67 Å². The van der Waals surface area contributed by atoms with Crippen molar-refractivity contribution < 1.29 is 14.1 Å². The van der Waals surface area contributed by atoms with Crippen molar-refractivity contribution in [2.24, 2.45) is 0 Å². The molecule has 0 saturated carbocycles. The molecule has 1 rings (SSSR count). The first kappa shape index (κ1) is 31.9. The first-order valence-electron chi connectivity index (χ1n) is 15.5. The molecule has 5 nitrogen and oxygen atoms in total. The number of amides is 2. The van der Waals surface area contributed by atoms with Gasteiger partial charge in [0.2, 0.25) is 11.8 Å². The fourth-order valence-corrected chi connectivity index (χ4v) is 5.48. The summed E-state index contributed by atoms with van der Waals surface area (Å²) in [6.45, 7) is 12.2. The maximum absolute atomic E-state index is 12.5. The molecular formula is C30H60N3O2+. The van der Waals surface area contributed by atoms with Gasteiger partial charge >= 0.3 is 0 Å². The standard InChI is InChI=1S/C30H59N3O2/c1-4-7-9-11-13-15-17-19-25-33(27-23-31-29(34)6-3,28-32-24-21-22-30(32)35)26-20-18-16-14-12-10-8-5-2/h4-28H2,1-3H3/p+1. The molecule has 0 spiro atoms. The van der Waals surface area contributed by atoms with E-state index in [0.717, 1.165) is 50.3 Å². The number of rotatable bonds is 24. The van der Waals surface area contributed by atoms with Crippen molar-refractivity contribution in [3.63, 3.8) is 0 Å². The van der Waals surface area contributed by atoms with Crippen LogP contribution >= 0.6 is 0 Å². The molecule has 0 aromatic carbocycles. The van der Waals surface area contributed by atoms with Crippen LogP contribution in [0.3, 0.4) is 0 Å². The molecule has 1 aliphatic heterocycles. The SMILES string of the molecule is CCCCCCCCCC[N+](CCCCCCCCCC)(CCNC(=O)CC)CN1CCCC1=O. The fraction of sp³-hybridized carbons (Fsp3) is 0.933. The summed E-state index contributed by atoms with van der Waals surface area (Å²) in [4.78, 5) is 26.6. The van der Waals surface area contributed by atoms with Crippen molar-refractivity contribution in [2.45, 2.75) is 143 Å². The number of quaternary nitrogens is 1. The maximum atomic E-state index is 12.5. The Balaban J connectivity index is 2.65. The highest BCUT2D eigenvalue weighted by Gasteiger charge is 2.33. The zero-order chi connectivity index (χ0) is 25.6. The Labute approximate surface area is 218 Å². The van der Waals surface area contributed by atoms with E-state index in [1.807, 2.05) is 6.92 Å². The van der Waals surface area contributed by atoms with E-state index >= 15 is 0 Å². The van der Waals surface area contributed by atoms with E-state index in [1.54, 1.807) is 0 Å². The van der Waals surface area contributed by atoms with Crippen LogP contribution in [-0.2, 0) is 9.59 Å². The van der Waals surface area contributed by atoms with E-state index in [0.29, 0.717) is 18.7 Å². The molecule has 1 N–H and O–H groups in total. The molecule has 2 amide bonds. The molecule has 0 aliphatic carbocycles. The summed E-state index contributed by atoms with van der Waals surface area (Å²) in [6.07, 6.45) is 23.5. The molecule has 0 aromatic heterocycles. The number of nitrogens with one attached hydrogen (secondary N) is 1. The molecule has 0 radical (unpaired) electrons. The molecule has 206 valence electrons. The van der Waals surface area contributed by atoms with E-state index in [9.17, 15) is 9.59 Å². The van der Waals surface area contributed by atoms with E-state index < -0.39 is 0 Å². The molecular weight excluding hydrogens is 434 g/mol. The van der Waals surface area contributed by atoms with Gasteiger partial charge in [0.1, 0.15) is 0 Å². The van der Waals surface area contributed by atoms with Crippen LogP contribution in [0.1, 0.15) is 143 Å². The van der Waals surface area contributed by atoms with Gasteiger partial charge in [-0.15, -0.1) is 0 Å². The van der Waals surface area contributed by atoms with Crippen LogP contribution in [-0.4, -0.2) is 60.6 Å². The number of likely N-dealkylation sites (tertiary alicyclic amines) is 1. The molecule has 1 saturated heterocycles. The Kier molecular flexibility index (Phi) is 19.2. The minimum atomic E-state index is 0.138. The third kappa shape index (κ3) is 15.6. The lowest BCUT2D eigenvalue weighted by Gasteiger charge is -2.41. The summed E-state index contributed by atoms with van der Waals surface area (Å²) in [5.74, 6) is 0.469.